The van der Waals surface area contributed by atoms with Crippen LogP contribution >= 0.6 is 23.1 Å². The van der Waals surface area contributed by atoms with Gasteiger partial charge in [0.1, 0.15) is 24.2 Å². The Bertz CT molecular complexity index is 897. The summed E-state index contributed by atoms with van der Waals surface area (Å²) in [6, 6.07) is -0.834. The molecule has 0 bridgehead atoms. The molecule has 3 heterocycles. The number of aliphatic carboxylic acids is 1. The summed E-state index contributed by atoms with van der Waals surface area (Å²) in [7, 11) is 1.26. The SMILES string of the molecule is CO/N=C(/C(=O)NC1C(=O)N2C=C(C(=O)O)C(C)S[C@H]12)c1csc(NC=O)n1. The van der Waals surface area contributed by atoms with Crippen molar-refractivity contribution in [2.24, 2.45) is 5.16 Å². The quantitative estimate of drug-likeness (QED) is 0.236. The zero-order valence-corrected chi connectivity index (χ0v) is 16.2. The van der Waals surface area contributed by atoms with Crippen LogP contribution in [-0.2, 0) is 24.0 Å². The predicted molar refractivity (Wildman–Crippen MR) is 101 cm³/mol. The molecule has 13 heteroatoms. The molecule has 2 aliphatic heterocycles. The van der Waals surface area contributed by atoms with E-state index in [4.69, 9.17) is 4.84 Å². The lowest BCUT2D eigenvalue weighted by molar-refractivity contribution is -0.144. The maximum absolute atomic E-state index is 12.6. The van der Waals surface area contributed by atoms with Crippen LogP contribution in [0.4, 0.5) is 5.13 Å². The van der Waals surface area contributed by atoms with E-state index in [0.29, 0.717) is 6.41 Å². The number of anilines is 1. The summed E-state index contributed by atoms with van der Waals surface area (Å²) in [6.07, 6.45) is 1.76. The van der Waals surface area contributed by atoms with Gasteiger partial charge in [0, 0.05) is 16.8 Å². The maximum Gasteiger partial charge on any atom is 0.334 e. The number of amides is 3. The highest BCUT2D eigenvalue weighted by molar-refractivity contribution is 8.00. The molecular formula is C15H15N5O6S2. The number of carbonyl (C=O) groups excluding carboxylic acids is 3. The van der Waals surface area contributed by atoms with Gasteiger partial charge in [-0.25, -0.2) is 9.78 Å². The number of rotatable bonds is 7. The Balaban J connectivity index is 1.75. The Hall–Kier alpha value is -2.93. The van der Waals surface area contributed by atoms with Crippen LogP contribution in [0.2, 0.25) is 0 Å². The minimum Gasteiger partial charge on any atom is -0.478 e. The first-order valence-electron chi connectivity index (χ1n) is 7.88. The molecule has 0 radical (unpaired) electrons. The van der Waals surface area contributed by atoms with Gasteiger partial charge >= 0.3 is 5.97 Å². The third kappa shape index (κ3) is 3.57. The van der Waals surface area contributed by atoms with E-state index in [1.54, 1.807) is 6.92 Å². The second-order valence-electron chi connectivity index (χ2n) is 5.68. The van der Waals surface area contributed by atoms with E-state index in [2.05, 4.69) is 20.8 Å². The van der Waals surface area contributed by atoms with Crippen molar-refractivity contribution in [3.8, 4) is 0 Å². The number of β-lactam (4-membered cyclic amide) rings is 1. The number of oxime groups is 1. The lowest BCUT2D eigenvalue weighted by atomic mass is 10.1. The number of carboxylic acid groups (broad SMARTS) is 1. The first-order chi connectivity index (χ1) is 13.4. The highest BCUT2D eigenvalue weighted by Gasteiger charge is 2.51. The molecule has 1 saturated heterocycles. The van der Waals surface area contributed by atoms with Gasteiger partial charge in [-0.2, -0.15) is 0 Å². The predicted octanol–water partition coefficient (Wildman–Crippen LogP) is -0.181. The van der Waals surface area contributed by atoms with E-state index >= 15 is 0 Å². The molecule has 2 unspecified atom stereocenters. The van der Waals surface area contributed by atoms with E-state index in [1.807, 2.05) is 0 Å². The molecule has 3 rings (SSSR count). The van der Waals surface area contributed by atoms with Gasteiger partial charge in [-0.05, 0) is 6.92 Å². The Morgan fingerprint density at radius 2 is 2.21 bits per heavy atom. The second kappa shape index (κ2) is 7.98. The van der Waals surface area contributed by atoms with Crippen LogP contribution in [0.5, 0.6) is 0 Å². The van der Waals surface area contributed by atoms with Crippen LogP contribution in [0.1, 0.15) is 12.6 Å². The average molecular weight is 425 g/mol. The number of nitrogens with zero attached hydrogens (tertiary/aromatic N) is 3. The molecule has 11 nitrogen and oxygen atoms in total. The van der Waals surface area contributed by atoms with Crippen molar-refractivity contribution in [3.05, 3.63) is 22.8 Å². The third-order valence-electron chi connectivity index (χ3n) is 4.00. The highest BCUT2D eigenvalue weighted by atomic mass is 32.2. The number of aromatic nitrogens is 1. The topological polar surface area (TPSA) is 150 Å². The molecule has 28 heavy (non-hydrogen) atoms. The molecule has 3 N–H and O–H groups in total. The number of hydrogen-bond donors (Lipinski definition) is 3. The largest absolute Gasteiger partial charge is 0.478 e. The van der Waals surface area contributed by atoms with Crippen molar-refractivity contribution in [3.63, 3.8) is 0 Å². The normalized spacial score (nSPS) is 23.9. The van der Waals surface area contributed by atoms with Gasteiger partial charge in [-0.3, -0.25) is 14.4 Å². The maximum atomic E-state index is 12.6. The van der Waals surface area contributed by atoms with Crippen LogP contribution in [0.25, 0.3) is 0 Å². The summed E-state index contributed by atoms with van der Waals surface area (Å²) < 4.78 is 0. The summed E-state index contributed by atoms with van der Waals surface area (Å²) in [5, 5.41) is 18.8. The van der Waals surface area contributed by atoms with Gasteiger partial charge < -0.3 is 25.5 Å². The fourth-order valence-corrected chi connectivity index (χ4v) is 4.69. The van der Waals surface area contributed by atoms with Gasteiger partial charge in [0.15, 0.2) is 10.8 Å². The summed E-state index contributed by atoms with van der Waals surface area (Å²) in [5.41, 5.74) is 0.147. The van der Waals surface area contributed by atoms with Gasteiger partial charge in [0.2, 0.25) is 6.41 Å². The summed E-state index contributed by atoms with van der Waals surface area (Å²) in [5.74, 6) is -2.18. The first-order valence-corrected chi connectivity index (χ1v) is 9.70. The molecule has 0 spiro atoms. The van der Waals surface area contributed by atoms with Crippen LogP contribution < -0.4 is 10.6 Å². The smallest absolute Gasteiger partial charge is 0.334 e. The fourth-order valence-electron chi connectivity index (χ4n) is 2.67. The number of fused-ring (bicyclic) bond motifs is 1. The third-order valence-corrected chi connectivity index (χ3v) is 6.21. The first kappa shape index (κ1) is 19.8. The lowest BCUT2D eigenvalue weighted by Crippen LogP contribution is -2.69. The summed E-state index contributed by atoms with van der Waals surface area (Å²) in [4.78, 5) is 56.8. The molecular weight excluding hydrogens is 410 g/mol. The second-order valence-corrected chi connectivity index (χ2v) is 8.00. The minimum absolute atomic E-state index is 0.124. The molecule has 3 atom stereocenters. The number of carbonyl (C=O) groups is 4. The van der Waals surface area contributed by atoms with E-state index in [0.717, 1.165) is 11.3 Å². The van der Waals surface area contributed by atoms with Crippen LogP contribution in [-0.4, -0.2) is 68.7 Å². The molecule has 1 fully saturated rings. The molecule has 2 aliphatic rings. The number of thioether (sulfide) groups is 1. The fraction of sp³-hybridized carbons (Fsp3) is 0.333. The Labute approximate surface area is 166 Å². The average Bonchev–Trinajstić information content (AvgIpc) is 3.11. The molecule has 0 saturated carbocycles. The summed E-state index contributed by atoms with van der Waals surface area (Å²) >= 11 is 2.36. The lowest BCUT2D eigenvalue weighted by Gasteiger charge is -2.48. The van der Waals surface area contributed by atoms with E-state index in [9.17, 15) is 24.3 Å². The molecule has 1 aromatic rings. The number of thiazole rings is 1. The van der Waals surface area contributed by atoms with Crippen molar-refractivity contribution >= 4 is 58.1 Å². The van der Waals surface area contributed by atoms with Gasteiger partial charge in [0.05, 0.1) is 5.57 Å². The van der Waals surface area contributed by atoms with Gasteiger partial charge in [0.25, 0.3) is 11.8 Å². The van der Waals surface area contributed by atoms with E-state index in [1.165, 1.54) is 35.4 Å². The Morgan fingerprint density at radius 3 is 2.86 bits per heavy atom. The molecule has 1 aromatic heterocycles. The van der Waals surface area contributed by atoms with Crippen molar-refractivity contribution in [2.45, 2.75) is 23.6 Å². The van der Waals surface area contributed by atoms with Crippen LogP contribution in [0.15, 0.2) is 22.3 Å². The van der Waals surface area contributed by atoms with Crippen LogP contribution in [0, 0.1) is 0 Å². The Morgan fingerprint density at radius 1 is 1.46 bits per heavy atom. The Kier molecular flexibility index (Phi) is 5.65. The monoisotopic (exact) mass is 425 g/mol. The van der Waals surface area contributed by atoms with Crippen molar-refractivity contribution < 1.29 is 29.1 Å². The van der Waals surface area contributed by atoms with Crippen molar-refractivity contribution in [1.82, 2.24) is 15.2 Å². The zero-order valence-electron chi connectivity index (χ0n) is 14.6. The standard InChI is InChI=1S/C15H15N5O6S2/c1-6-7(14(24)25)3-20-12(23)10(13(20)28-6)18-11(22)9(19-26-2)8-4-27-15(17-8)16-5-21/h3-6,10,13H,1-2H3,(H,18,22)(H,24,25)(H,16,17,21)/b19-9+/t6?,10?,13-/m1/s1. The molecule has 0 aliphatic carbocycles. The van der Waals surface area contributed by atoms with Crippen LogP contribution in [0.3, 0.4) is 0 Å². The van der Waals surface area contributed by atoms with E-state index < -0.39 is 29.2 Å². The zero-order chi connectivity index (χ0) is 20.4. The number of carboxylic acids is 1. The molecule has 0 aromatic carbocycles. The molecule has 3 amide bonds. The number of hydrogen-bond acceptors (Lipinski definition) is 9. The minimum atomic E-state index is -1.09. The summed E-state index contributed by atoms with van der Waals surface area (Å²) in [6.45, 7) is 1.72. The highest BCUT2D eigenvalue weighted by Crippen LogP contribution is 2.40. The van der Waals surface area contributed by atoms with Crippen molar-refractivity contribution in [1.29, 1.82) is 0 Å². The molecule has 148 valence electrons. The van der Waals surface area contributed by atoms with E-state index in [-0.39, 0.29) is 27.4 Å². The van der Waals surface area contributed by atoms with Gasteiger partial charge in [-0.1, -0.05) is 5.16 Å². The number of nitrogens with one attached hydrogen (secondary N) is 2. The van der Waals surface area contributed by atoms with Gasteiger partial charge in [-0.15, -0.1) is 23.1 Å². The van der Waals surface area contributed by atoms with Crippen molar-refractivity contribution in [2.75, 3.05) is 12.4 Å².